The lowest BCUT2D eigenvalue weighted by Gasteiger charge is -2.40. The SMILES string of the molecule is CCCC1=C/C(CC)C(C2CCC2)B(C)CC/C=C\1C. The first-order valence-corrected chi connectivity index (χ1v) is 9.05. The maximum Gasteiger partial charge on any atom is 0.141 e. The molecule has 2 aliphatic rings. The van der Waals surface area contributed by atoms with E-state index in [-0.39, 0.29) is 0 Å². The van der Waals surface area contributed by atoms with Gasteiger partial charge in [-0.2, -0.15) is 0 Å². The van der Waals surface area contributed by atoms with Gasteiger partial charge in [-0.1, -0.05) is 82.6 Å². The van der Waals surface area contributed by atoms with Crippen molar-refractivity contribution in [3.63, 3.8) is 0 Å². The molecule has 2 unspecified atom stereocenters. The molecule has 0 radical (unpaired) electrons. The first kappa shape index (κ1) is 15.9. The summed E-state index contributed by atoms with van der Waals surface area (Å²) in [6.07, 6.45) is 16.2. The summed E-state index contributed by atoms with van der Waals surface area (Å²) in [4.78, 5) is 0. The highest BCUT2D eigenvalue weighted by molar-refractivity contribution is 6.59. The van der Waals surface area contributed by atoms with E-state index in [0.29, 0.717) is 0 Å². The molecule has 2 atom stereocenters. The summed E-state index contributed by atoms with van der Waals surface area (Å²) in [5.41, 5.74) is 3.21. The molecule has 0 amide bonds. The van der Waals surface area contributed by atoms with Gasteiger partial charge in [0.2, 0.25) is 0 Å². The van der Waals surface area contributed by atoms with E-state index in [1.165, 1.54) is 51.3 Å². The van der Waals surface area contributed by atoms with Gasteiger partial charge in [-0.15, -0.1) is 0 Å². The summed E-state index contributed by atoms with van der Waals surface area (Å²) in [5, 5.41) is 0. The van der Waals surface area contributed by atoms with Gasteiger partial charge in [-0.3, -0.25) is 0 Å². The fourth-order valence-corrected chi connectivity index (χ4v) is 4.39. The number of hydrogen-bond acceptors (Lipinski definition) is 0. The monoisotopic (exact) mass is 272 g/mol. The van der Waals surface area contributed by atoms with Gasteiger partial charge in [-0.05, 0) is 37.2 Å². The molecule has 1 saturated carbocycles. The van der Waals surface area contributed by atoms with Crippen LogP contribution in [0.4, 0.5) is 0 Å². The van der Waals surface area contributed by atoms with Crippen molar-refractivity contribution in [2.45, 2.75) is 84.7 Å². The molecule has 0 saturated heterocycles. The zero-order valence-electron chi connectivity index (χ0n) is 14.1. The largest absolute Gasteiger partial charge is 0.141 e. The fourth-order valence-electron chi connectivity index (χ4n) is 4.39. The van der Waals surface area contributed by atoms with Crippen LogP contribution in [0.25, 0.3) is 0 Å². The van der Waals surface area contributed by atoms with Gasteiger partial charge in [0.15, 0.2) is 0 Å². The van der Waals surface area contributed by atoms with Crippen LogP contribution in [-0.4, -0.2) is 6.71 Å². The lowest BCUT2D eigenvalue weighted by atomic mass is 9.34. The molecule has 0 spiro atoms. The Kier molecular flexibility index (Phi) is 5.99. The molecule has 1 aliphatic carbocycles. The molecule has 20 heavy (non-hydrogen) atoms. The lowest BCUT2D eigenvalue weighted by molar-refractivity contribution is 0.261. The second-order valence-corrected chi connectivity index (χ2v) is 7.22. The Morgan fingerprint density at radius 3 is 2.55 bits per heavy atom. The zero-order valence-corrected chi connectivity index (χ0v) is 14.1. The molecule has 0 bridgehead atoms. The van der Waals surface area contributed by atoms with E-state index in [9.17, 15) is 0 Å². The summed E-state index contributed by atoms with van der Waals surface area (Å²) < 4.78 is 0. The quantitative estimate of drug-likeness (QED) is 0.520. The van der Waals surface area contributed by atoms with E-state index in [1.807, 2.05) is 0 Å². The van der Waals surface area contributed by atoms with Crippen molar-refractivity contribution >= 4 is 6.71 Å². The maximum absolute atomic E-state index is 2.68. The van der Waals surface area contributed by atoms with Crippen molar-refractivity contribution in [1.29, 1.82) is 0 Å². The van der Waals surface area contributed by atoms with Crippen molar-refractivity contribution in [1.82, 2.24) is 0 Å². The molecule has 112 valence electrons. The highest BCUT2D eigenvalue weighted by Gasteiger charge is 2.36. The average Bonchev–Trinajstić information content (AvgIpc) is 2.42. The fraction of sp³-hybridized carbons (Fsp3) is 0.789. The summed E-state index contributed by atoms with van der Waals surface area (Å²) in [6.45, 7) is 10.5. The molecule has 2 rings (SSSR count). The van der Waals surface area contributed by atoms with E-state index in [4.69, 9.17) is 0 Å². The molecule has 0 N–H and O–H groups in total. The minimum Gasteiger partial charge on any atom is -0.0858 e. The Labute approximate surface area is 127 Å². The van der Waals surface area contributed by atoms with Gasteiger partial charge >= 0.3 is 0 Å². The molecule has 0 aromatic carbocycles. The topological polar surface area (TPSA) is 0 Å². The van der Waals surface area contributed by atoms with Gasteiger partial charge < -0.3 is 0 Å². The Hall–Kier alpha value is -0.455. The summed E-state index contributed by atoms with van der Waals surface area (Å²) in [5.74, 6) is 2.78. The highest BCUT2D eigenvalue weighted by Crippen LogP contribution is 2.46. The van der Waals surface area contributed by atoms with Crippen molar-refractivity contribution in [3.05, 3.63) is 23.3 Å². The summed E-state index contributed by atoms with van der Waals surface area (Å²) >= 11 is 0. The van der Waals surface area contributed by atoms with Crippen LogP contribution in [0, 0.1) is 11.8 Å². The van der Waals surface area contributed by atoms with Gasteiger partial charge in [0, 0.05) is 0 Å². The zero-order chi connectivity index (χ0) is 14.5. The Balaban J connectivity index is 2.27. The Bertz CT molecular complexity index is 362. The molecule has 1 heterocycles. The van der Waals surface area contributed by atoms with Crippen LogP contribution in [-0.2, 0) is 0 Å². The second kappa shape index (κ2) is 7.52. The molecule has 0 aromatic rings. The number of allylic oxidation sites excluding steroid dienone is 4. The molecular weight excluding hydrogens is 239 g/mol. The predicted molar refractivity (Wildman–Crippen MR) is 92.7 cm³/mol. The van der Waals surface area contributed by atoms with E-state index in [1.54, 1.807) is 11.1 Å². The number of hydrogen-bond donors (Lipinski definition) is 0. The molecule has 1 aliphatic heterocycles. The van der Waals surface area contributed by atoms with Crippen molar-refractivity contribution in [2.24, 2.45) is 11.8 Å². The van der Waals surface area contributed by atoms with Gasteiger partial charge in [0.1, 0.15) is 6.71 Å². The molecule has 1 heteroatoms. The summed E-state index contributed by atoms with van der Waals surface area (Å²) in [7, 11) is 0. The van der Waals surface area contributed by atoms with Crippen LogP contribution in [0.3, 0.4) is 0 Å². The normalized spacial score (nSPS) is 34.1. The Morgan fingerprint density at radius 2 is 2.00 bits per heavy atom. The minimum absolute atomic E-state index is 0.818. The minimum atomic E-state index is 0.818. The Morgan fingerprint density at radius 1 is 1.25 bits per heavy atom. The average molecular weight is 272 g/mol. The third kappa shape index (κ3) is 3.60. The van der Waals surface area contributed by atoms with Crippen LogP contribution in [0.1, 0.15) is 65.7 Å². The number of rotatable bonds is 4. The van der Waals surface area contributed by atoms with Gasteiger partial charge in [0.05, 0.1) is 0 Å². The smallest absolute Gasteiger partial charge is 0.0858 e. The third-order valence-corrected chi connectivity index (χ3v) is 5.83. The molecule has 0 aromatic heterocycles. The van der Waals surface area contributed by atoms with Gasteiger partial charge in [0.25, 0.3) is 0 Å². The predicted octanol–water partition coefficient (Wildman–Crippen LogP) is 6.38. The molecule has 1 fully saturated rings. The third-order valence-electron chi connectivity index (χ3n) is 5.83. The van der Waals surface area contributed by atoms with E-state index in [0.717, 1.165) is 24.4 Å². The van der Waals surface area contributed by atoms with Crippen LogP contribution in [0.15, 0.2) is 23.3 Å². The summed E-state index contributed by atoms with van der Waals surface area (Å²) in [6, 6.07) is 0. The van der Waals surface area contributed by atoms with Crippen LogP contribution < -0.4 is 0 Å². The van der Waals surface area contributed by atoms with E-state index >= 15 is 0 Å². The van der Waals surface area contributed by atoms with Crippen molar-refractivity contribution < 1.29 is 0 Å². The van der Waals surface area contributed by atoms with E-state index in [2.05, 4.69) is 39.7 Å². The van der Waals surface area contributed by atoms with Crippen LogP contribution in [0.2, 0.25) is 19.0 Å². The van der Waals surface area contributed by atoms with E-state index < -0.39 is 0 Å². The first-order chi connectivity index (χ1) is 9.67. The molecule has 0 nitrogen and oxygen atoms in total. The van der Waals surface area contributed by atoms with Crippen molar-refractivity contribution in [3.8, 4) is 0 Å². The first-order valence-electron chi connectivity index (χ1n) is 9.05. The second-order valence-electron chi connectivity index (χ2n) is 7.22. The van der Waals surface area contributed by atoms with Gasteiger partial charge in [-0.25, -0.2) is 0 Å². The highest BCUT2D eigenvalue weighted by atomic mass is 14.3. The van der Waals surface area contributed by atoms with Crippen LogP contribution in [0.5, 0.6) is 0 Å². The van der Waals surface area contributed by atoms with Crippen molar-refractivity contribution in [2.75, 3.05) is 0 Å². The maximum atomic E-state index is 2.68. The van der Waals surface area contributed by atoms with Crippen LogP contribution >= 0.6 is 0 Å². The standard InChI is InChI=1S/C19H33B/c1-5-9-18-14-16(6-2)19(17-11-7-12-17)20(4)13-8-10-15(18)3/h10,14,16-17,19H,5-9,11-13H2,1-4H3/b15-10-,18-14-. The lowest BCUT2D eigenvalue weighted by Crippen LogP contribution is -2.33. The molecular formula is C19H33B.